The highest BCUT2D eigenvalue weighted by Crippen LogP contribution is 2.20. The van der Waals surface area contributed by atoms with Crippen molar-refractivity contribution >= 4 is 0 Å². The van der Waals surface area contributed by atoms with Crippen molar-refractivity contribution in [1.29, 1.82) is 0 Å². The molecular weight excluding hydrogens is 168 g/mol. The van der Waals surface area contributed by atoms with Crippen LogP contribution in [0.2, 0.25) is 0 Å². The van der Waals surface area contributed by atoms with Crippen LogP contribution in [0.25, 0.3) is 0 Å². The van der Waals surface area contributed by atoms with Crippen molar-refractivity contribution in [2.45, 2.75) is 79.1 Å². The van der Waals surface area contributed by atoms with E-state index in [1.54, 1.807) is 0 Å². The van der Waals surface area contributed by atoms with Crippen LogP contribution in [-0.2, 0) is 0 Å². The second-order valence-electron chi connectivity index (χ2n) is 4.86. The normalized spacial score (nSPS) is 13.5. The van der Waals surface area contributed by atoms with E-state index in [0.29, 0.717) is 0 Å². The van der Waals surface area contributed by atoms with E-state index in [1.165, 1.54) is 51.4 Å². The van der Waals surface area contributed by atoms with Gasteiger partial charge in [0.15, 0.2) is 0 Å². The fourth-order valence-electron chi connectivity index (χ4n) is 2.15. The molecule has 0 saturated heterocycles. The first-order valence-corrected chi connectivity index (χ1v) is 6.74. The van der Waals surface area contributed by atoms with E-state index in [1.807, 2.05) is 0 Å². The monoisotopic (exact) mass is 198 g/mol. The minimum atomic E-state index is 0.962. The van der Waals surface area contributed by atoms with Crippen molar-refractivity contribution in [3.63, 3.8) is 0 Å². The van der Waals surface area contributed by atoms with Crippen LogP contribution in [0.15, 0.2) is 0 Å². The third kappa shape index (κ3) is 7.41. The van der Waals surface area contributed by atoms with Gasteiger partial charge in [-0.1, -0.05) is 79.1 Å². The van der Waals surface area contributed by atoms with Crippen molar-refractivity contribution in [2.24, 2.45) is 11.8 Å². The summed E-state index contributed by atoms with van der Waals surface area (Å²) in [5, 5.41) is 0. The van der Waals surface area contributed by atoms with E-state index >= 15 is 0 Å². The fourth-order valence-corrected chi connectivity index (χ4v) is 2.15. The van der Waals surface area contributed by atoms with Crippen LogP contribution >= 0.6 is 0 Å². The van der Waals surface area contributed by atoms with Gasteiger partial charge in [0.25, 0.3) is 0 Å². The average Bonchev–Trinajstić information content (AvgIpc) is 2.21. The molecule has 0 amide bonds. The standard InChI is InChI=1S/C14H30/c1-5-8-10-13(4)11-9-12-14(6-2)7-3/h13-14H,5-12H2,1-4H3. The van der Waals surface area contributed by atoms with Gasteiger partial charge < -0.3 is 0 Å². The van der Waals surface area contributed by atoms with Crippen LogP contribution < -0.4 is 0 Å². The van der Waals surface area contributed by atoms with E-state index < -0.39 is 0 Å². The minimum Gasteiger partial charge on any atom is -0.0654 e. The van der Waals surface area contributed by atoms with Crippen molar-refractivity contribution in [3.05, 3.63) is 0 Å². The van der Waals surface area contributed by atoms with Crippen LogP contribution in [-0.4, -0.2) is 0 Å². The van der Waals surface area contributed by atoms with Crippen LogP contribution in [0.1, 0.15) is 79.1 Å². The van der Waals surface area contributed by atoms with Gasteiger partial charge in [-0.25, -0.2) is 0 Å². The molecule has 0 saturated carbocycles. The lowest BCUT2D eigenvalue weighted by molar-refractivity contribution is 0.388. The quantitative estimate of drug-likeness (QED) is 0.464. The highest BCUT2D eigenvalue weighted by Gasteiger charge is 2.05. The molecular formula is C14H30. The van der Waals surface area contributed by atoms with Gasteiger partial charge >= 0.3 is 0 Å². The van der Waals surface area contributed by atoms with Crippen LogP contribution in [0.4, 0.5) is 0 Å². The molecule has 0 aliphatic carbocycles. The summed E-state index contributed by atoms with van der Waals surface area (Å²) >= 11 is 0. The topological polar surface area (TPSA) is 0 Å². The van der Waals surface area contributed by atoms with Gasteiger partial charge in [-0.2, -0.15) is 0 Å². The van der Waals surface area contributed by atoms with Crippen LogP contribution in [0.5, 0.6) is 0 Å². The van der Waals surface area contributed by atoms with Gasteiger partial charge in [-0.05, 0) is 11.8 Å². The predicted molar refractivity (Wildman–Crippen MR) is 66.6 cm³/mol. The van der Waals surface area contributed by atoms with Gasteiger partial charge in [0, 0.05) is 0 Å². The maximum atomic E-state index is 2.42. The molecule has 0 radical (unpaired) electrons. The molecule has 86 valence electrons. The summed E-state index contributed by atoms with van der Waals surface area (Å²) in [5.41, 5.74) is 0. The average molecular weight is 198 g/mol. The van der Waals surface area contributed by atoms with Gasteiger partial charge in [-0.3, -0.25) is 0 Å². The second kappa shape index (κ2) is 9.55. The maximum absolute atomic E-state index is 2.42. The zero-order valence-corrected chi connectivity index (χ0v) is 10.8. The van der Waals surface area contributed by atoms with Crippen molar-refractivity contribution in [3.8, 4) is 0 Å². The first kappa shape index (κ1) is 14.0. The third-order valence-electron chi connectivity index (χ3n) is 3.51. The Hall–Kier alpha value is 0. The van der Waals surface area contributed by atoms with Crippen molar-refractivity contribution < 1.29 is 0 Å². The molecule has 0 aliphatic heterocycles. The first-order chi connectivity index (χ1) is 6.74. The van der Waals surface area contributed by atoms with E-state index in [4.69, 9.17) is 0 Å². The van der Waals surface area contributed by atoms with Gasteiger partial charge in [0.1, 0.15) is 0 Å². The molecule has 0 aromatic rings. The lowest BCUT2D eigenvalue weighted by Crippen LogP contribution is -2.00. The number of hydrogen-bond donors (Lipinski definition) is 0. The summed E-state index contributed by atoms with van der Waals surface area (Å²) in [6.45, 7) is 9.36. The summed E-state index contributed by atoms with van der Waals surface area (Å²) in [4.78, 5) is 0. The summed E-state index contributed by atoms with van der Waals surface area (Å²) < 4.78 is 0. The molecule has 0 heteroatoms. The zero-order valence-electron chi connectivity index (χ0n) is 10.8. The van der Waals surface area contributed by atoms with E-state index in [0.717, 1.165) is 11.8 Å². The number of rotatable bonds is 9. The summed E-state index contributed by atoms with van der Waals surface area (Å²) in [6, 6.07) is 0. The molecule has 0 aromatic heterocycles. The van der Waals surface area contributed by atoms with Gasteiger partial charge in [0.2, 0.25) is 0 Å². The summed E-state index contributed by atoms with van der Waals surface area (Å²) in [5.74, 6) is 1.96. The molecule has 0 nitrogen and oxygen atoms in total. The summed E-state index contributed by atoms with van der Waals surface area (Å²) in [7, 11) is 0. The maximum Gasteiger partial charge on any atom is -0.0420 e. The molecule has 0 aromatic carbocycles. The Morgan fingerprint density at radius 3 is 1.86 bits per heavy atom. The highest BCUT2D eigenvalue weighted by molar-refractivity contribution is 4.58. The molecule has 0 bridgehead atoms. The third-order valence-corrected chi connectivity index (χ3v) is 3.51. The van der Waals surface area contributed by atoms with Gasteiger partial charge in [0.05, 0.1) is 0 Å². The molecule has 0 spiro atoms. The van der Waals surface area contributed by atoms with E-state index in [2.05, 4.69) is 27.7 Å². The number of hydrogen-bond acceptors (Lipinski definition) is 0. The van der Waals surface area contributed by atoms with Crippen LogP contribution in [0.3, 0.4) is 0 Å². The molecule has 14 heavy (non-hydrogen) atoms. The second-order valence-corrected chi connectivity index (χ2v) is 4.86. The smallest absolute Gasteiger partial charge is 0.0420 e. The largest absolute Gasteiger partial charge is 0.0654 e. The van der Waals surface area contributed by atoms with Crippen LogP contribution in [0, 0.1) is 11.8 Å². The lowest BCUT2D eigenvalue weighted by Gasteiger charge is -2.14. The zero-order chi connectivity index (χ0) is 10.8. The Balaban J connectivity index is 3.33. The van der Waals surface area contributed by atoms with Crippen molar-refractivity contribution in [1.82, 2.24) is 0 Å². The molecule has 0 aliphatic rings. The number of unbranched alkanes of at least 4 members (excludes halogenated alkanes) is 1. The Morgan fingerprint density at radius 2 is 1.36 bits per heavy atom. The highest BCUT2D eigenvalue weighted by atomic mass is 14.1. The Labute approximate surface area is 91.5 Å². The molecule has 0 heterocycles. The van der Waals surface area contributed by atoms with E-state index in [-0.39, 0.29) is 0 Å². The van der Waals surface area contributed by atoms with E-state index in [9.17, 15) is 0 Å². The molecule has 1 unspecified atom stereocenters. The molecule has 1 atom stereocenters. The minimum absolute atomic E-state index is 0.962. The predicted octanol–water partition coefficient (Wildman–Crippen LogP) is 5.42. The Kier molecular flexibility index (Phi) is 9.55. The fraction of sp³-hybridized carbons (Fsp3) is 1.00. The summed E-state index contributed by atoms with van der Waals surface area (Å²) in [6.07, 6.45) is 11.3. The first-order valence-electron chi connectivity index (χ1n) is 6.74. The van der Waals surface area contributed by atoms with Crippen molar-refractivity contribution in [2.75, 3.05) is 0 Å². The Bertz CT molecular complexity index is 103. The van der Waals surface area contributed by atoms with Gasteiger partial charge in [-0.15, -0.1) is 0 Å². The SMILES string of the molecule is CCCCC(C)CCCC(CC)CC. The lowest BCUT2D eigenvalue weighted by atomic mass is 9.92. The molecule has 0 fully saturated rings. The Morgan fingerprint density at radius 1 is 0.786 bits per heavy atom. The molecule has 0 N–H and O–H groups in total. The molecule has 0 rings (SSSR count).